The number of hydrogen-bond acceptors (Lipinski definition) is 8. The van der Waals surface area contributed by atoms with E-state index in [-0.39, 0.29) is 35.6 Å². The minimum Gasteiger partial charge on any atom is -0.488 e. The normalized spacial score (nSPS) is 10.9. The third kappa shape index (κ3) is 14.2. The molecule has 8 rings (SSSR count). The van der Waals surface area contributed by atoms with Gasteiger partial charge in [0.15, 0.2) is 0 Å². The van der Waals surface area contributed by atoms with E-state index in [1.165, 1.54) is 49.9 Å². The van der Waals surface area contributed by atoms with Gasteiger partial charge in [-0.05, 0) is 135 Å². The number of anilines is 2. The van der Waals surface area contributed by atoms with E-state index in [0.717, 1.165) is 56.0 Å². The van der Waals surface area contributed by atoms with Crippen molar-refractivity contribution in [3.8, 4) is 45.4 Å². The molecule has 0 atom stereocenters. The number of aromatic nitrogens is 2. The monoisotopic (exact) mass is 1160 g/mol. The van der Waals surface area contributed by atoms with Crippen LogP contribution >= 0.6 is 31.9 Å². The number of nitrogens with zero attached hydrogens (tertiary/aromatic N) is 2. The first-order valence-corrected chi connectivity index (χ1v) is 26.0. The molecule has 0 bridgehead atoms. The van der Waals surface area contributed by atoms with Crippen molar-refractivity contribution in [3.63, 3.8) is 0 Å². The number of aryl methyl sites for hydroxylation is 2. The van der Waals surface area contributed by atoms with E-state index in [2.05, 4.69) is 50.4 Å². The fraction of sp³-hybridized carbons (Fsp3) is 0.164. The molecular formula is C55H50Br2F4N4O8S. The Hall–Kier alpha value is -7.35. The zero-order chi connectivity index (χ0) is 54.0. The van der Waals surface area contributed by atoms with Crippen molar-refractivity contribution in [2.24, 2.45) is 0 Å². The quantitative estimate of drug-likeness (QED) is 0.0546. The zero-order valence-corrected chi connectivity index (χ0v) is 44.8. The van der Waals surface area contributed by atoms with Crippen LogP contribution in [0, 0.1) is 37.1 Å². The van der Waals surface area contributed by atoms with Gasteiger partial charge in [0.25, 0.3) is 0 Å². The van der Waals surface area contributed by atoms with Crippen molar-refractivity contribution in [2.75, 3.05) is 23.8 Å². The van der Waals surface area contributed by atoms with E-state index in [0.29, 0.717) is 45.4 Å². The average molecular weight is 1160 g/mol. The lowest BCUT2D eigenvalue weighted by Crippen LogP contribution is -2.11. The molecule has 8 aromatic rings. The van der Waals surface area contributed by atoms with E-state index in [9.17, 15) is 40.7 Å². The molecule has 12 nitrogen and oxygen atoms in total. The third-order valence-electron chi connectivity index (χ3n) is 10.7. The summed E-state index contributed by atoms with van der Waals surface area (Å²) in [4.78, 5) is 23.9. The van der Waals surface area contributed by atoms with Gasteiger partial charge in [-0.25, -0.2) is 35.6 Å². The van der Waals surface area contributed by atoms with Crippen LogP contribution in [0.1, 0.15) is 63.5 Å². The second kappa shape index (κ2) is 24.6. The number of benzene rings is 6. The van der Waals surface area contributed by atoms with Crippen LogP contribution in [0.15, 0.2) is 142 Å². The second-order valence-electron chi connectivity index (χ2n) is 16.7. The Morgan fingerprint density at radius 2 is 1.09 bits per heavy atom. The van der Waals surface area contributed by atoms with Crippen LogP contribution in [0.4, 0.5) is 28.9 Å². The van der Waals surface area contributed by atoms with Crippen LogP contribution in [-0.2, 0) is 28.0 Å². The predicted octanol–water partition coefficient (Wildman–Crippen LogP) is 14.0. The molecule has 0 aliphatic heterocycles. The van der Waals surface area contributed by atoms with Gasteiger partial charge in [0, 0.05) is 71.8 Å². The number of carbonyl (C=O) groups excluding carboxylic acids is 1. The molecule has 19 heteroatoms. The largest absolute Gasteiger partial charge is 0.488 e. The van der Waals surface area contributed by atoms with Crippen LogP contribution in [0.2, 0.25) is 0 Å². The number of sulfonamides is 1. The summed E-state index contributed by atoms with van der Waals surface area (Å²) in [6.07, 6.45) is 2.22. The van der Waals surface area contributed by atoms with Crippen molar-refractivity contribution in [2.45, 2.75) is 47.3 Å². The summed E-state index contributed by atoms with van der Waals surface area (Å²) < 4.78 is 103. The van der Waals surface area contributed by atoms with Gasteiger partial charge in [-0.15, -0.1) is 0 Å². The van der Waals surface area contributed by atoms with E-state index in [4.69, 9.17) is 19.9 Å². The smallest absolute Gasteiger partial charge is 0.337 e. The van der Waals surface area contributed by atoms with Gasteiger partial charge in [-0.1, -0.05) is 52.1 Å². The SMILES string of the molecule is CCC.COC(=O)c1cc(N)cc(-n2c(C)ccc2-c2cc(Br)ccc2OCc2ccc(F)cc2F)c1.Cc1ccc(-c2cc(Br)ccc2OCc2ccc(F)cc2F)n1-c1cc(NS(C)(=O)=O)cc(C(=O)O)c1. The van der Waals surface area contributed by atoms with E-state index >= 15 is 0 Å². The molecular weight excluding hydrogens is 1110 g/mol. The maximum atomic E-state index is 14.2. The molecule has 4 N–H and O–H groups in total. The predicted molar refractivity (Wildman–Crippen MR) is 286 cm³/mol. The molecule has 386 valence electrons. The number of hydrogen-bond donors (Lipinski definition) is 3. The Morgan fingerprint density at radius 1 is 0.635 bits per heavy atom. The number of nitrogen functional groups attached to an aromatic ring is 1. The molecule has 0 amide bonds. The third-order valence-corrected chi connectivity index (χ3v) is 12.3. The lowest BCUT2D eigenvalue weighted by atomic mass is 10.1. The number of nitrogens with one attached hydrogen (secondary N) is 1. The molecule has 0 saturated heterocycles. The first-order valence-electron chi connectivity index (χ1n) is 22.5. The van der Waals surface area contributed by atoms with Crippen LogP contribution < -0.4 is 19.9 Å². The average Bonchev–Trinajstić information content (AvgIpc) is 3.92. The molecule has 74 heavy (non-hydrogen) atoms. The van der Waals surface area contributed by atoms with E-state index in [1.807, 2.05) is 48.7 Å². The number of aromatic carboxylic acids is 1. The highest BCUT2D eigenvalue weighted by atomic mass is 79.9. The van der Waals surface area contributed by atoms with Gasteiger partial charge in [0.1, 0.15) is 48.0 Å². The molecule has 0 spiro atoms. The van der Waals surface area contributed by atoms with Gasteiger partial charge >= 0.3 is 11.9 Å². The molecule has 2 aromatic heterocycles. The van der Waals surface area contributed by atoms with Crippen LogP contribution in [-0.4, -0.2) is 48.0 Å². The minimum absolute atomic E-state index is 0.0782. The number of nitrogens with two attached hydrogens (primary N) is 1. The molecule has 2 heterocycles. The summed E-state index contributed by atoms with van der Waals surface area (Å²) in [5, 5.41) is 9.62. The number of carbonyl (C=O) groups is 2. The standard InChI is InChI=1S/C26H21BrF2N2O5S.C26H21BrF2N2O3.C3H8/c1-15-3-7-24(31(15)21-10-17(26(32)33)9-20(13-21)30-37(2,34)35)22-11-18(27)5-8-25(22)36-14-16-4-6-19(28)12-23(16)29;1-15-3-7-24(31(15)21-10-17(26(32)33-2)9-20(30)13-21)22-11-18(27)5-8-25(22)34-14-16-4-6-19(28)12-23(16)29;1-3-2/h3-13,30H,14H2,1-2H3,(H,32,33);3-13H,14,30H2,1-2H3;3H2,1-2H3. The van der Waals surface area contributed by atoms with Crippen LogP contribution in [0.25, 0.3) is 33.9 Å². The Morgan fingerprint density at radius 3 is 1.53 bits per heavy atom. The van der Waals surface area contributed by atoms with Gasteiger partial charge in [-0.3, -0.25) is 4.72 Å². The number of carboxylic acid groups (broad SMARTS) is 1. The molecule has 0 unspecified atom stereocenters. The maximum Gasteiger partial charge on any atom is 0.337 e. The van der Waals surface area contributed by atoms with E-state index in [1.54, 1.807) is 53.1 Å². The van der Waals surface area contributed by atoms with Gasteiger partial charge in [0.2, 0.25) is 10.0 Å². The Labute approximate surface area is 442 Å². The highest BCUT2D eigenvalue weighted by Crippen LogP contribution is 2.39. The number of esters is 1. The number of ether oxygens (including phenoxy) is 3. The van der Waals surface area contributed by atoms with Crippen LogP contribution in [0.3, 0.4) is 0 Å². The Kier molecular flexibility index (Phi) is 18.6. The molecule has 0 aliphatic carbocycles. The second-order valence-corrected chi connectivity index (χ2v) is 20.3. The number of methoxy groups -OCH3 is 1. The zero-order valence-electron chi connectivity index (χ0n) is 40.8. The first-order chi connectivity index (χ1) is 35.1. The molecule has 0 saturated carbocycles. The fourth-order valence-corrected chi connectivity index (χ4v) is 8.83. The topological polar surface area (TPSA) is 164 Å². The summed E-state index contributed by atoms with van der Waals surface area (Å²) in [7, 11) is -2.35. The summed E-state index contributed by atoms with van der Waals surface area (Å²) in [5.41, 5.74) is 12.6. The molecule has 0 aliphatic rings. The van der Waals surface area contributed by atoms with Gasteiger partial charge < -0.3 is 34.2 Å². The lowest BCUT2D eigenvalue weighted by molar-refractivity contribution is 0.0599. The summed E-state index contributed by atoms with van der Waals surface area (Å²) >= 11 is 6.95. The summed E-state index contributed by atoms with van der Waals surface area (Å²) in [6.45, 7) is 7.76. The minimum atomic E-state index is -3.66. The molecule has 0 fully saturated rings. The molecule has 6 aromatic carbocycles. The fourth-order valence-electron chi connectivity index (χ4n) is 7.56. The maximum absolute atomic E-state index is 14.2. The number of halogens is 6. The number of rotatable bonds is 14. The van der Waals surface area contributed by atoms with Crippen molar-refractivity contribution in [1.82, 2.24) is 9.13 Å². The van der Waals surface area contributed by atoms with Crippen molar-refractivity contribution in [3.05, 3.63) is 199 Å². The van der Waals surface area contributed by atoms with Gasteiger partial charge in [0.05, 0.1) is 41.6 Å². The first kappa shape index (κ1) is 56.0. The van der Waals surface area contributed by atoms with Crippen molar-refractivity contribution >= 4 is 65.2 Å². The lowest BCUT2D eigenvalue weighted by Gasteiger charge is -2.18. The van der Waals surface area contributed by atoms with Gasteiger partial charge in [-0.2, -0.15) is 0 Å². The van der Waals surface area contributed by atoms with E-state index < -0.39 is 45.2 Å². The van der Waals surface area contributed by atoms with Crippen molar-refractivity contribution in [1.29, 1.82) is 0 Å². The number of carboxylic acids is 1. The highest BCUT2D eigenvalue weighted by Gasteiger charge is 2.20. The Balaban J connectivity index is 0.000000230. The highest BCUT2D eigenvalue weighted by molar-refractivity contribution is 9.10. The van der Waals surface area contributed by atoms with Crippen molar-refractivity contribution < 1.29 is 54.9 Å². The molecule has 0 radical (unpaired) electrons. The summed E-state index contributed by atoms with van der Waals surface area (Å²) in [5.74, 6) is -3.55. The Bertz CT molecular complexity index is 3480. The summed E-state index contributed by atoms with van der Waals surface area (Å²) in [6, 6.07) is 34.0. The van der Waals surface area contributed by atoms with Crippen LogP contribution in [0.5, 0.6) is 11.5 Å².